The predicted octanol–water partition coefficient (Wildman–Crippen LogP) is 5.13. The molecule has 94 valence electrons. The van der Waals surface area contributed by atoms with Gasteiger partial charge < -0.3 is 4.74 Å². The van der Waals surface area contributed by atoms with E-state index in [1.54, 1.807) is 12.1 Å². The van der Waals surface area contributed by atoms with Crippen LogP contribution < -0.4 is 4.74 Å². The van der Waals surface area contributed by atoms with Crippen LogP contribution in [0.25, 0.3) is 0 Å². The van der Waals surface area contributed by atoms with E-state index in [2.05, 4.69) is 15.9 Å². The molecule has 2 rings (SSSR count). The van der Waals surface area contributed by atoms with Gasteiger partial charge in [-0.2, -0.15) is 0 Å². The van der Waals surface area contributed by atoms with Crippen LogP contribution >= 0.6 is 15.9 Å². The zero-order chi connectivity index (χ0) is 13.1. The van der Waals surface area contributed by atoms with E-state index in [9.17, 15) is 4.39 Å². The highest BCUT2D eigenvalue weighted by atomic mass is 79.9. The summed E-state index contributed by atoms with van der Waals surface area (Å²) in [5.41, 5.74) is 2.69. The number of hydrogen-bond donors (Lipinski definition) is 0. The average Bonchev–Trinajstić information content (AvgIpc) is 2.34. The zero-order valence-corrected chi connectivity index (χ0v) is 11.9. The van der Waals surface area contributed by atoms with Gasteiger partial charge in [0.15, 0.2) is 0 Å². The van der Waals surface area contributed by atoms with E-state index in [-0.39, 0.29) is 5.82 Å². The smallest absolute Gasteiger partial charge is 0.134 e. The number of aryl methyl sites for hydroxylation is 2. The van der Waals surface area contributed by atoms with E-state index < -0.39 is 0 Å². The molecule has 1 nitrogen and oxygen atoms in total. The first-order chi connectivity index (χ1) is 8.61. The molecule has 0 saturated carbocycles. The highest BCUT2D eigenvalue weighted by Crippen LogP contribution is 2.31. The summed E-state index contributed by atoms with van der Waals surface area (Å²) >= 11 is 3.29. The highest BCUT2D eigenvalue weighted by molar-refractivity contribution is 9.08. The van der Waals surface area contributed by atoms with Gasteiger partial charge in [-0.15, -0.1) is 0 Å². The summed E-state index contributed by atoms with van der Waals surface area (Å²) in [6, 6.07) is 10.9. The Morgan fingerprint density at radius 2 is 1.89 bits per heavy atom. The van der Waals surface area contributed by atoms with Crippen molar-refractivity contribution in [1.82, 2.24) is 0 Å². The molecule has 2 aromatic carbocycles. The van der Waals surface area contributed by atoms with Crippen molar-refractivity contribution in [2.45, 2.75) is 19.2 Å². The number of alkyl halides is 1. The summed E-state index contributed by atoms with van der Waals surface area (Å²) in [5.74, 6) is 1.07. The molecule has 0 N–H and O–H groups in total. The van der Waals surface area contributed by atoms with Gasteiger partial charge >= 0.3 is 0 Å². The van der Waals surface area contributed by atoms with Crippen molar-refractivity contribution in [3.63, 3.8) is 0 Å². The van der Waals surface area contributed by atoms with E-state index in [4.69, 9.17) is 4.74 Å². The Balaban J connectivity index is 2.40. The molecule has 0 atom stereocenters. The van der Waals surface area contributed by atoms with Crippen LogP contribution in [0.2, 0.25) is 0 Å². The van der Waals surface area contributed by atoms with E-state index in [0.717, 1.165) is 16.9 Å². The van der Waals surface area contributed by atoms with E-state index >= 15 is 0 Å². The first-order valence-corrected chi connectivity index (χ1v) is 6.82. The normalized spacial score (nSPS) is 10.4. The van der Waals surface area contributed by atoms with Gasteiger partial charge in [0, 0.05) is 10.9 Å². The Morgan fingerprint density at radius 1 is 1.11 bits per heavy atom. The first-order valence-electron chi connectivity index (χ1n) is 5.70. The van der Waals surface area contributed by atoms with Gasteiger partial charge in [0.2, 0.25) is 0 Å². The van der Waals surface area contributed by atoms with Crippen molar-refractivity contribution in [3.05, 3.63) is 58.9 Å². The molecule has 18 heavy (non-hydrogen) atoms. The molecular formula is C15H14BrFO. The lowest BCUT2D eigenvalue weighted by Crippen LogP contribution is -1.94. The predicted molar refractivity (Wildman–Crippen MR) is 75.0 cm³/mol. The van der Waals surface area contributed by atoms with Gasteiger partial charge in [-0.05, 0) is 43.2 Å². The second-order valence-electron chi connectivity index (χ2n) is 4.22. The maximum absolute atomic E-state index is 13.6. The number of halogens is 2. The highest BCUT2D eigenvalue weighted by Gasteiger charge is 2.10. The lowest BCUT2D eigenvalue weighted by Gasteiger charge is -2.12. The zero-order valence-electron chi connectivity index (χ0n) is 10.3. The maximum atomic E-state index is 13.6. The Morgan fingerprint density at radius 3 is 2.61 bits per heavy atom. The van der Waals surface area contributed by atoms with Crippen LogP contribution in [-0.4, -0.2) is 0 Å². The molecule has 0 unspecified atom stereocenters. The average molecular weight is 309 g/mol. The van der Waals surface area contributed by atoms with Crippen molar-refractivity contribution in [2.24, 2.45) is 0 Å². The third-order valence-corrected chi connectivity index (χ3v) is 3.33. The van der Waals surface area contributed by atoms with Crippen LogP contribution in [0.4, 0.5) is 4.39 Å². The summed E-state index contributed by atoms with van der Waals surface area (Å²) in [7, 11) is 0. The van der Waals surface area contributed by atoms with Crippen LogP contribution in [-0.2, 0) is 5.33 Å². The summed E-state index contributed by atoms with van der Waals surface area (Å²) in [6.45, 7) is 3.98. The van der Waals surface area contributed by atoms with E-state index in [1.165, 1.54) is 6.07 Å². The SMILES string of the molecule is Cc1ccc(C)c(Oc2cccc(F)c2CBr)c1. The minimum absolute atomic E-state index is 0.255. The van der Waals surface area contributed by atoms with Crippen LogP contribution in [0.15, 0.2) is 36.4 Å². The molecule has 0 aliphatic rings. The minimum Gasteiger partial charge on any atom is -0.457 e. The fourth-order valence-corrected chi connectivity index (χ4v) is 2.24. The van der Waals surface area contributed by atoms with Gasteiger partial charge in [0.05, 0.1) is 0 Å². The molecule has 0 fully saturated rings. The summed E-state index contributed by atoms with van der Waals surface area (Å²) < 4.78 is 19.4. The van der Waals surface area contributed by atoms with Gasteiger partial charge in [-0.1, -0.05) is 34.1 Å². The van der Waals surface area contributed by atoms with Crippen molar-refractivity contribution in [3.8, 4) is 11.5 Å². The number of hydrogen-bond acceptors (Lipinski definition) is 1. The molecule has 0 aliphatic carbocycles. The number of ether oxygens (including phenoxy) is 1. The topological polar surface area (TPSA) is 9.23 Å². The summed E-state index contributed by atoms with van der Waals surface area (Å²) in [6.07, 6.45) is 0. The molecular weight excluding hydrogens is 295 g/mol. The fourth-order valence-electron chi connectivity index (χ4n) is 1.70. The van der Waals surface area contributed by atoms with Crippen LogP contribution in [0.1, 0.15) is 16.7 Å². The minimum atomic E-state index is -0.255. The van der Waals surface area contributed by atoms with Crippen molar-refractivity contribution in [1.29, 1.82) is 0 Å². The molecule has 0 aliphatic heterocycles. The Hall–Kier alpha value is -1.35. The molecule has 0 amide bonds. The molecule has 2 aromatic rings. The Labute approximate surface area is 115 Å². The van der Waals surface area contributed by atoms with Crippen molar-refractivity contribution < 1.29 is 9.13 Å². The molecule has 0 aromatic heterocycles. The molecule has 3 heteroatoms. The number of rotatable bonds is 3. The molecule has 0 saturated heterocycles. The van der Waals surface area contributed by atoms with Gasteiger partial charge in [0.25, 0.3) is 0 Å². The monoisotopic (exact) mass is 308 g/mol. The van der Waals surface area contributed by atoms with Gasteiger partial charge in [-0.25, -0.2) is 4.39 Å². The van der Waals surface area contributed by atoms with Crippen molar-refractivity contribution >= 4 is 15.9 Å². The molecule has 0 radical (unpaired) electrons. The number of benzene rings is 2. The largest absolute Gasteiger partial charge is 0.457 e. The lowest BCUT2D eigenvalue weighted by molar-refractivity contribution is 0.467. The molecule has 0 heterocycles. The first kappa shape index (κ1) is 13.1. The quantitative estimate of drug-likeness (QED) is 0.714. The van der Waals surface area contributed by atoms with Crippen molar-refractivity contribution in [2.75, 3.05) is 0 Å². The van der Waals surface area contributed by atoms with Crippen LogP contribution in [0, 0.1) is 19.7 Å². The molecule has 0 spiro atoms. The molecule has 0 bridgehead atoms. The van der Waals surface area contributed by atoms with Gasteiger partial charge in [-0.3, -0.25) is 0 Å². The standard InChI is InChI=1S/C15H14BrFO/c1-10-6-7-11(2)15(8-10)18-14-5-3-4-13(17)12(14)9-16/h3-8H,9H2,1-2H3. The second-order valence-corrected chi connectivity index (χ2v) is 4.78. The van der Waals surface area contributed by atoms with Crippen LogP contribution in [0.5, 0.6) is 11.5 Å². The Kier molecular flexibility index (Phi) is 4.02. The van der Waals surface area contributed by atoms with E-state index in [1.807, 2.05) is 32.0 Å². The van der Waals surface area contributed by atoms with E-state index in [0.29, 0.717) is 16.6 Å². The third-order valence-electron chi connectivity index (χ3n) is 2.77. The third kappa shape index (κ3) is 2.72. The maximum Gasteiger partial charge on any atom is 0.134 e. The second kappa shape index (κ2) is 5.53. The fraction of sp³-hybridized carbons (Fsp3) is 0.200. The Bertz CT molecular complexity index is 566. The van der Waals surface area contributed by atoms with Gasteiger partial charge in [0.1, 0.15) is 17.3 Å². The summed E-state index contributed by atoms with van der Waals surface area (Å²) in [4.78, 5) is 0. The lowest BCUT2D eigenvalue weighted by atomic mass is 10.1. The van der Waals surface area contributed by atoms with Crippen LogP contribution in [0.3, 0.4) is 0 Å². The summed E-state index contributed by atoms with van der Waals surface area (Å²) in [5, 5.41) is 0.430.